The molecule has 0 unspecified atom stereocenters. The van der Waals surface area contributed by atoms with Crippen LogP contribution < -0.4 is 10.6 Å². The van der Waals surface area contributed by atoms with Crippen molar-refractivity contribution in [2.45, 2.75) is 6.92 Å². The zero-order chi connectivity index (χ0) is 18.7. The first-order chi connectivity index (χ1) is 12.4. The summed E-state index contributed by atoms with van der Waals surface area (Å²) in [6.45, 7) is 1.87. The Morgan fingerprint density at radius 1 is 0.885 bits per heavy atom. The van der Waals surface area contributed by atoms with E-state index in [-0.39, 0.29) is 16.3 Å². The molecule has 0 aliphatic rings. The maximum absolute atomic E-state index is 12.5. The van der Waals surface area contributed by atoms with Crippen molar-refractivity contribution < 1.29 is 14.0 Å². The number of carbonyl (C=O) groups is 2. The van der Waals surface area contributed by atoms with Gasteiger partial charge in [0, 0.05) is 16.4 Å². The van der Waals surface area contributed by atoms with Crippen LogP contribution in [0.2, 0.25) is 10.0 Å². The molecule has 0 bridgehead atoms. The minimum atomic E-state index is -0.422. The normalized spacial score (nSPS) is 10.4. The number of furan rings is 1. The summed E-state index contributed by atoms with van der Waals surface area (Å²) in [4.78, 5) is 24.6. The highest BCUT2D eigenvalue weighted by Crippen LogP contribution is 2.24. The molecule has 5 nitrogen and oxygen atoms in total. The molecule has 0 fully saturated rings. The quantitative estimate of drug-likeness (QED) is 0.628. The Labute approximate surface area is 159 Å². The SMILES string of the molecule is Cc1ccc(NC(=O)c2cc(NC(=O)c3ccco3)ccc2Cl)cc1Cl. The Hall–Kier alpha value is -2.76. The highest BCUT2D eigenvalue weighted by Gasteiger charge is 2.14. The van der Waals surface area contributed by atoms with E-state index in [2.05, 4.69) is 10.6 Å². The number of halogens is 2. The maximum Gasteiger partial charge on any atom is 0.291 e. The lowest BCUT2D eigenvalue weighted by Gasteiger charge is -2.10. The minimum absolute atomic E-state index is 0.167. The molecule has 0 atom stereocenters. The molecule has 0 aliphatic heterocycles. The standard InChI is InChI=1S/C19H14Cl2N2O3/c1-11-4-5-13(10-16(11)21)22-18(24)14-9-12(6-7-15(14)20)23-19(25)17-3-2-8-26-17/h2-10H,1H3,(H,22,24)(H,23,25). The molecule has 7 heteroatoms. The third-order valence-electron chi connectivity index (χ3n) is 3.64. The van der Waals surface area contributed by atoms with Crippen molar-refractivity contribution in [2.24, 2.45) is 0 Å². The molecule has 26 heavy (non-hydrogen) atoms. The first kappa shape index (κ1) is 18.0. The molecule has 0 spiro atoms. The monoisotopic (exact) mass is 388 g/mol. The van der Waals surface area contributed by atoms with Crippen molar-refractivity contribution in [3.8, 4) is 0 Å². The van der Waals surface area contributed by atoms with Crippen molar-refractivity contribution in [1.82, 2.24) is 0 Å². The molecule has 132 valence electrons. The van der Waals surface area contributed by atoms with E-state index < -0.39 is 11.8 Å². The van der Waals surface area contributed by atoms with Gasteiger partial charge in [0.1, 0.15) is 0 Å². The summed E-state index contributed by atoms with van der Waals surface area (Å²) >= 11 is 12.2. The van der Waals surface area contributed by atoms with E-state index in [1.54, 1.807) is 36.4 Å². The lowest BCUT2D eigenvalue weighted by Crippen LogP contribution is -2.15. The van der Waals surface area contributed by atoms with Gasteiger partial charge in [-0.05, 0) is 55.0 Å². The van der Waals surface area contributed by atoms with E-state index in [4.69, 9.17) is 27.6 Å². The fraction of sp³-hybridized carbons (Fsp3) is 0.0526. The number of nitrogens with one attached hydrogen (secondary N) is 2. The second-order valence-corrected chi connectivity index (χ2v) is 6.36. The van der Waals surface area contributed by atoms with Crippen LogP contribution in [0.15, 0.2) is 59.2 Å². The number of aryl methyl sites for hydroxylation is 1. The number of benzene rings is 2. The number of hydrogen-bond acceptors (Lipinski definition) is 3. The Balaban J connectivity index is 1.79. The third-order valence-corrected chi connectivity index (χ3v) is 4.38. The highest BCUT2D eigenvalue weighted by molar-refractivity contribution is 6.34. The number of amides is 2. The van der Waals surface area contributed by atoms with E-state index in [0.717, 1.165) is 5.56 Å². The summed E-state index contributed by atoms with van der Waals surface area (Å²) in [5.74, 6) is -0.668. The summed E-state index contributed by atoms with van der Waals surface area (Å²) in [6, 6.07) is 13.0. The van der Waals surface area contributed by atoms with E-state index >= 15 is 0 Å². The van der Waals surface area contributed by atoms with E-state index in [1.807, 2.05) is 6.92 Å². The van der Waals surface area contributed by atoms with Gasteiger partial charge in [-0.2, -0.15) is 0 Å². The largest absolute Gasteiger partial charge is 0.459 e. The second-order valence-electron chi connectivity index (χ2n) is 5.54. The summed E-state index contributed by atoms with van der Waals surface area (Å²) in [5, 5.41) is 6.20. The molecule has 2 amide bonds. The number of anilines is 2. The van der Waals surface area contributed by atoms with Gasteiger partial charge < -0.3 is 15.1 Å². The van der Waals surface area contributed by atoms with Crippen LogP contribution in [-0.2, 0) is 0 Å². The lowest BCUT2D eigenvalue weighted by molar-refractivity contribution is 0.0993. The fourth-order valence-electron chi connectivity index (χ4n) is 2.25. The first-order valence-corrected chi connectivity index (χ1v) is 8.41. The van der Waals surface area contributed by atoms with Crippen LogP contribution in [0, 0.1) is 6.92 Å². The molecule has 3 aromatic rings. The van der Waals surface area contributed by atoms with Crippen LogP contribution in [0.1, 0.15) is 26.5 Å². The molecular formula is C19H14Cl2N2O3. The summed E-state index contributed by atoms with van der Waals surface area (Å²) in [5.41, 5.74) is 2.10. The Kier molecular flexibility index (Phi) is 5.30. The van der Waals surface area contributed by atoms with Crippen molar-refractivity contribution in [2.75, 3.05) is 10.6 Å². The van der Waals surface area contributed by atoms with Crippen LogP contribution in [-0.4, -0.2) is 11.8 Å². The average Bonchev–Trinajstić information content (AvgIpc) is 3.14. The Bertz CT molecular complexity index is 969. The van der Waals surface area contributed by atoms with Gasteiger partial charge in [0.15, 0.2) is 5.76 Å². The smallest absolute Gasteiger partial charge is 0.291 e. The van der Waals surface area contributed by atoms with Crippen molar-refractivity contribution in [3.63, 3.8) is 0 Å². The van der Waals surface area contributed by atoms with Crippen LogP contribution >= 0.6 is 23.2 Å². The van der Waals surface area contributed by atoms with Crippen LogP contribution in [0.25, 0.3) is 0 Å². The average molecular weight is 389 g/mol. The van der Waals surface area contributed by atoms with Crippen LogP contribution in [0.3, 0.4) is 0 Å². The number of hydrogen-bond donors (Lipinski definition) is 2. The Morgan fingerprint density at radius 3 is 2.27 bits per heavy atom. The van der Waals surface area contributed by atoms with E-state index in [1.165, 1.54) is 18.4 Å². The third kappa shape index (κ3) is 4.07. The highest BCUT2D eigenvalue weighted by atomic mass is 35.5. The fourth-order valence-corrected chi connectivity index (χ4v) is 2.63. The molecule has 3 rings (SSSR count). The summed E-state index contributed by atoms with van der Waals surface area (Å²) < 4.78 is 5.04. The molecule has 0 saturated carbocycles. The van der Waals surface area contributed by atoms with Gasteiger partial charge in [-0.3, -0.25) is 9.59 Å². The number of carbonyl (C=O) groups excluding carboxylic acids is 2. The molecule has 1 heterocycles. The molecule has 2 aromatic carbocycles. The van der Waals surface area contributed by atoms with Crippen molar-refractivity contribution in [1.29, 1.82) is 0 Å². The zero-order valence-corrected chi connectivity index (χ0v) is 15.2. The van der Waals surface area contributed by atoms with Gasteiger partial charge in [0.05, 0.1) is 16.8 Å². The Morgan fingerprint density at radius 2 is 1.58 bits per heavy atom. The first-order valence-electron chi connectivity index (χ1n) is 7.66. The van der Waals surface area contributed by atoms with E-state index in [0.29, 0.717) is 16.4 Å². The second kappa shape index (κ2) is 7.64. The van der Waals surface area contributed by atoms with E-state index in [9.17, 15) is 9.59 Å². The topological polar surface area (TPSA) is 71.3 Å². The number of rotatable bonds is 4. The van der Waals surface area contributed by atoms with Crippen LogP contribution in [0.4, 0.5) is 11.4 Å². The molecule has 1 aromatic heterocycles. The van der Waals surface area contributed by atoms with Crippen LogP contribution in [0.5, 0.6) is 0 Å². The molecule has 0 radical (unpaired) electrons. The molecule has 2 N–H and O–H groups in total. The predicted octanol–water partition coefficient (Wildman–Crippen LogP) is 5.40. The molecular weight excluding hydrogens is 375 g/mol. The molecule has 0 aliphatic carbocycles. The van der Waals surface area contributed by atoms with Gasteiger partial charge >= 0.3 is 0 Å². The predicted molar refractivity (Wildman–Crippen MR) is 102 cm³/mol. The van der Waals surface area contributed by atoms with Crippen molar-refractivity contribution in [3.05, 3.63) is 81.7 Å². The maximum atomic E-state index is 12.5. The lowest BCUT2D eigenvalue weighted by atomic mass is 10.1. The molecule has 0 saturated heterocycles. The minimum Gasteiger partial charge on any atom is -0.459 e. The van der Waals surface area contributed by atoms with Crippen molar-refractivity contribution >= 4 is 46.4 Å². The van der Waals surface area contributed by atoms with Gasteiger partial charge in [-0.15, -0.1) is 0 Å². The van der Waals surface area contributed by atoms with Gasteiger partial charge in [0.2, 0.25) is 0 Å². The van der Waals surface area contributed by atoms with Gasteiger partial charge in [-0.1, -0.05) is 29.3 Å². The zero-order valence-electron chi connectivity index (χ0n) is 13.7. The summed E-state index contributed by atoms with van der Waals surface area (Å²) in [6.07, 6.45) is 1.41. The summed E-state index contributed by atoms with van der Waals surface area (Å²) in [7, 11) is 0. The van der Waals surface area contributed by atoms with Gasteiger partial charge in [-0.25, -0.2) is 0 Å². The van der Waals surface area contributed by atoms with Gasteiger partial charge in [0.25, 0.3) is 11.8 Å².